The molecule has 1 fully saturated rings. The van der Waals surface area contributed by atoms with Gasteiger partial charge in [-0.15, -0.1) is 0 Å². The molecule has 2 N–H and O–H groups in total. The third-order valence-corrected chi connectivity index (χ3v) is 2.44. The van der Waals surface area contributed by atoms with Crippen LogP contribution in [-0.4, -0.2) is 36.4 Å². The maximum atomic E-state index is 10.8. The van der Waals surface area contributed by atoms with E-state index in [9.17, 15) is 4.79 Å². The van der Waals surface area contributed by atoms with E-state index in [4.69, 9.17) is 9.84 Å². The normalized spacial score (nSPS) is 18.1. The molecule has 0 aliphatic heterocycles. The Kier molecular flexibility index (Phi) is 5.05. The molecule has 0 aromatic heterocycles. The first-order valence-electron chi connectivity index (χ1n) is 5.66. The highest BCUT2D eigenvalue weighted by molar-refractivity contribution is 5.73. The van der Waals surface area contributed by atoms with Crippen molar-refractivity contribution < 1.29 is 14.6 Å². The summed E-state index contributed by atoms with van der Waals surface area (Å²) in [4.78, 5) is 10.8. The van der Waals surface area contributed by atoms with Gasteiger partial charge in [-0.25, -0.2) is 0 Å². The molecule has 1 unspecified atom stereocenters. The zero-order valence-corrected chi connectivity index (χ0v) is 9.53. The molecule has 0 radical (unpaired) electrons. The third kappa shape index (κ3) is 5.74. The Morgan fingerprint density at radius 1 is 1.53 bits per heavy atom. The second-order valence-electron chi connectivity index (χ2n) is 4.59. The largest absolute Gasteiger partial charge is 0.480 e. The first kappa shape index (κ1) is 12.5. The number of carbonyl (C=O) groups is 1. The number of nitrogens with one attached hydrogen (secondary N) is 1. The van der Waals surface area contributed by atoms with Gasteiger partial charge < -0.3 is 9.84 Å². The molecule has 0 saturated heterocycles. The first-order chi connectivity index (χ1) is 7.09. The quantitative estimate of drug-likeness (QED) is 0.598. The van der Waals surface area contributed by atoms with Crippen LogP contribution in [0.4, 0.5) is 0 Å². The van der Waals surface area contributed by atoms with Crippen molar-refractivity contribution in [1.29, 1.82) is 0 Å². The van der Waals surface area contributed by atoms with Crippen molar-refractivity contribution >= 4 is 5.97 Å². The van der Waals surface area contributed by atoms with Crippen molar-refractivity contribution in [2.24, 2.45) is 5.92 Å². The summed E-state index contributed by atoms with van der Waals surface area (Å²) in [6.45, 7) is 5.17. The van der Waals surface area contributed by atoms with Crippen LogP contribution >= 0.6 is 0 Å². The van der Waals surface area contributed by atoms with Gasteiger partial charge in [0.1, 0.15) is 6.04 Å². The lowest BCUT2D eigenvalue weighted by Crippen LogP contribution is -2.41. The standard InChI is InChI=1S/C11H21NO3/c1-8(2)5-6-15-7-10(11(13)14)12-9-3-4-9/h8-10,12H,3-7H2,1-2H3,(H,13,14). The monoisotopic (exact) mass is 215 g/mol. The molecule has 88 valence electrons. The molecule has 0 amide bonds. The van der Waals surface area contributed by atoms with E-state index in [-0.39, 0.29) is 6.61 Å². The third-order valence-electron chi connectivity index (χ3n) is 2.44. The molecule has 1 rings (SSSR count). The highest BCUT2D eigenvalue weighted by Crippen LogP contribution is 2.19. The Labute approximate surface area is 91.0 Å². The van der Waals surface area contributed by atoms with Gasteiger partial charge in [-0.2, -0.15) is 0 Å². The van der Waals surface area contributed by atoms with E-state index >= 15 is 0 Å². The maximum absolute atomic E-state index is 10.8. The minimum atomic E-state index is -0.813. The summed E-state index contributed by atoms with van der Waals surface area (Å²) in [6.07, 6.45) is 3.17. The van der Waals surface area contributed by atoms with E-state index in [0.29, 0.717) is 18.6 Å². The van der Waals surface area contributed by atoms with E-state index < -0.39 is 12.0 Å². The number of hydrogen-bond donors (Lipinski definition) is 2. The molecule has 0 bridgehead atoms. The number of carboxylic acid groups (broad SMARTS) is 1. The summed E-state index contributed by atoms with van der Waals surface area (Å²) in [6, 6.07) is -0.135. The number of hydrogen-bond acceptors (Lipinski definition) is 3. The topological polar surface area (TPSA) is 58.6 Å². The van der Waals surface area contributed by atoms with Crippen molar-refractivity contribution in [3.8, 4) is 0 Å². The van der Waals surface area contributed by atoms with Crippen molar-refractivity contribution in [2.45, 2.75) is 45.2 Å². The van der Waals surface area contributed by atoms with Crippen LogP contribution in [-0.2, 0) is 9.53 Å². The average Bonchev–Trinajstić information content (AvgIpc) is 2.93. The van der Waals surface area contributed by atoms with Gasteiger partial charge in [0.05, 0.1) is 6.61 Å². The van der Waals surface area contributed by atoms with Crippen LogP contribution in [0.25, 0.3) is 0 Å². The van der Waals surface area contributed by atoms with E-state index in [1.165, 1.54) is 0 Å². The minimum absolute atomic E-state index is 0.276. The summed E-state index contributed by atoms with van der Waals surface area (Å²) < 4.78 is 5.35. The Hall–Kier alpha value is -0.610. The van der Waals surface area contributed by atoms with Gasteiger partial charge in [-0.3, -0.25) is 10.1 Å². The van der Waals surface area contributed by atoms with Crippen molar-refractivity contribution in [3.05, 3.63) is 0 Å². The summed E-state index contributed by atoms with van der Waals surface area (Å²) in [5.41, 5.74) is 0. The van der Waals surface area contributed by atoms with Crippen molar-refractivity contribution in [2.75, 3.05) is 13.2 Å². The molecule has 0 aromatic rings. The Bertz CT molecular complexity index is 202. The van der Waals surface area contributed by atoms with Gasteiger partial charge in [-0.1, -0.05) is 13.8 Å². The maximum Gasteiger partial charge on any atom is 0.323 e. The van der Waals surface area contributed by atoms with E-state index in [2.05, 4.69) is 19.2 Å². The predicted molar refractivity (Wildman–Crippen MR) is 57.9 cm³/mol. The number of rotatable bonds is 8. The van der Waals surface area contributed by atoms with E-state index in [1.54, 1.807) is 0 Å². The Balaban J connectivity index is 2.10. The van der Waals surface area contributed by atoms with Crippen LogP contribution in [0.15, 0.2) is 0 Å². The molecule has 4 heteroatoms. The zero-order chi connectivity index (χ0) is 11.3. The average molecular weight is 215 g/mol. The number of aliphatic carboxylic acids is 1. The fourth-order valence-electron chi connectivity index (χ4n) is 1.25. The number of carboxylic acids is 1. The second-order valence-corrected chi connectivity index (χ2v) is 4.59. The fraction of sp³-hybridized carbons (Fsp3) is 0.909. The summed E-state index contributed by atoms with van der Waals surface area (Å²) in [7, 11) is 0. The predicted octanol–water partition coefficient (Wildman–Crippen LogP) is 1.25. The lowest BCUT2D eigenvalue weighted by atomic mass is 10.1. The molecule has 4 nitrogen and oxygen atoms in total. The first-order valence-corrected chi connectivity index (χ1v) is 5.66. The van der Waals surface area contributed by atoms with Crippen LogP contribution in [0.2, 0.25) is 0 Å². The van der Waals surface area contributed by atoms with Gasteiger partial charge in [0.15, 0.2) is 0 Å². The number of ether oxygens (including phenoxy) is 1. The van der Waals surface area contributed by atoms with Crippen LogP contribution in [0.5, 0.6) is 0 Å². The van der Waals surface area contributed by atoms with Gasteiger partial charge in [-0.05, 0) is 25.2 Å². The van der Waals surface area contributed by atoms with Crippen molar-refractivity contribution in [1.82, 2.24) is 5.32 Å². The summed E-state index contributed by atoms with van der Waals surface area (Å²) in [5, 5.41) is 12.0. The molecule has 0 heterocycles. The smallest absolute Gasteiger partial charge is 0.323 e. The molecule has 1 atom stereocenters. The lowest BCUT2D eigenvalue weighted by molar-refractivity contribution is -0.141. The van der Waals surface area contributed by atoms with Crippen LogP contribution in [0, 0.1) is 5.92 Å². The van der Waals surface area contributed by atoms with Crippen LogP contribution in [0.3, 0.4) is 0 Å². The summed E-state index contributed by atoms with van der Waals surface area (Å²) in [5.74, 6) is -0.212. The highest BCUT2D eigenvalue weighted by atomic mass is 16.5. The second kappa shape index (κ2) is 6.08. The fourth-order valence-corrected chi connectivity index (χ4v) is 1.25. The van der Waals surface area contributed by atoms with E-state index in [0.717, 1.165) is 19.3 Å². The SMILES string of the molecule is CC(C)CCOCC(NC1CC1)C(=O)O. The zero-order valence-electron chi connectivity index (χ0n) is 9.53. The highest BCUT2D eigenvalue weighted by Gasteiger charge is 2.28. The molecule has 1 aliphatic rings. The molecular weight excluding hydrogens is 194 g/mol. The minimum Gasteiger partial charge on any atom is -0.480 e. The Morgan fingerprint density at radius 2 is 2.20 bits per heavy atom. The van der Waals surface area contributed by atoms with Crippen LogP contribution < -0.4 is 5.32 Å². The van der Waals surface area contributed by atoms with Crippen LogP contribution in [0.1, 0.15) is 33.1 Å². The van der Waals surface area contributed by atoms with Crippen molar-refractivity contribution in [3.63, 3.8) is 0 Å². The van der Waals surface area contributed by atoms with Gasteiger partial charge in [0.25, 0.3) is 0 Å². The molecule has 1 aliphatic carbocycles. The molecule has 1 saturated carbocycles. The van der Waals surface area contributed by atoms with Gasteiger partial charge >= 0.3 is 5.97 Å². The molecular formula is C11H21NO3. The lowest BCUT2D eigenvalue weighted by Gasteiger charge is -2.14. The van der Waals surface area contributed by atoms with Gasteiger partial charge in [0.2, 0.25) is 0 Å². The Morgan fingerprint density at radius 3 is 2.67 bits per heavy atom. The van der Waals surface area contributed by atoms with Gasteiger partial charge in [0, 0.05) is 12.6 Å². The summed E-state index contributed by atoms with van der Waals surface area (Å²) >= 11 is 0. The molecule has 0 aromatic carbocycles. The molecule has 15 heavy (non-hydrogen) atoms. The molecule has 0 spiro atoms. The van der Waals surface area contributed by atoms with E-state index in [1.807, 2.05) is 0 Å².